The van der Waals surface area contributed by atoms with Gasteiger partial charge < -0.3 is 5.11 Å². The highest BCUT2D eigenvalue weighted by Crippen LogP contribution is 2.27. The lowest BCUT2D eigenvalue weighted by Crippen LogP contribution is -2.11. The molecule has 7 heteroatoms. The molecule has 0 radical (unpaired) electrons. The summed E-state index contributed by atoms with van der Waals surface area (Å²) in [6.45, 7) is 5.10. The Hall–Kier alpha value is -3.09. The summed E-state index contributed by atoms with van der Waals surface area (Å²) in [6.07, 6.45) is 1.39. The van der Waals surface area contributed by atoms with E-state index in [1.54, 1.807) is 22.9 Å². The number of halogens is 2. The van der Waals surface area contributed by atoms with Gasteiger partial charge in [-0.3, -0.25) is 0 Å². The first kappa shape index (κ1) is 21.6. The van der Waals surface area contributed by atoms with E-state index in [9.17, 15) is 13.6 Å². The second-order valence-electron chi connectivity index (χ2n) is 7.65. The van der Waals surface area contributed by atoms with Gasteiger partial charge in [-0.2, -0.15) is 8.78 Å². The maximum absolute atomic E-state index is 13.7. The van der Waals surface area contributed by atoms with Gasteiger partial charge in [0.05, 0.1) is 12.1 Å². The zero-order valence-corrected chi connectivity index (χ0v) is 17.3. The number of alkyl halides is 2. The largest absolute Gasteiger partial charge is 0.478 e. The van der Waals surface area contributed by atoms with Crippen LogP contribution in [0.4, 0.5) is 8.78 Å². The highest BCUT2D eigenvalue weighted by atomic mass is 19.3. The first-order chi connectivity index (χ1) is 14.2. The van der Waals surface area contributed by atoms with E-state index < -0.39 is 17.7 Å². The first-order valence-electron chi connectivity index (χ1n) is 9.90. The number of benzene rings is 2. The van der Waals surface area contributed by atoms with Gasteiger partial charge in [-0.25, -0.2) is 14.5 Å². The standard InChI is InChI=1S/C23H25F2N3O2/c1-4-15(2)20-26-22(23(3,24)25)27-28(20)14-17-10-8-16(9-11-17)12-18-6-5-7-19(13-18)21(29)30/h5-11,13,15H,4,12,14H2,1-3H3,(H,29,30). The molecule has 0 fully saturated rings. The first-order valence-corrected chi connectivity index (χ1v) is 9.90. The lowest BCUT2D eigenvalue weighted by atomic mass is 10.0. The van der Waals surface area contributed by atoms with Crippen LogP contribution < -0.4 is 0 Å². The number of nitrogens with zero attached hydrogens (tertiary/aromatic N) is 3. The van der Waals surface area contributed by atoms with Crippen LogP contribution in [0.1, 0.15) is 71.8 Å². The molecule has 158 valence electrons. The zero-order chi connectivity index (χ0) is 21.9. The number of aromatic nitrogens is 3. The Kier molecular flexibility index (Phi) is 6.29. The Bertz CT molecular complexity index is 1020. The number of aromatic carboxylic acids is 1. The lowest BCUT2D eigenvalue weighted by molar-refractivity contribution is 0.00754. The van der Waals surface area contributed by atoms with E-state index in [0.29, 0.717) is 18.8 Å². The lowest BCUT2D eigenvalue weighted by Gasteiger charge is -2.11. The molecular formula is C23H25F2N3O2. The quantitative estimate of drug-likeness (QED) is 0.548. The number of carboxylic acid groups (broad SMARTS) is 1. The Morgan fingerprint density at radius 1 is 1.13 bits per heavy atom. The molecule has 0 saturated heterocycles. The van der Waals surface area contributed by atoms with Gasteiger partial charge in [-0.15, -0.1) is 5.10 Å². The summed E-state index contributed by atoms with van der Waals surface area (Å²) in [5.41, 5.74) is 3.13. The molecule has 2 aromatic carbocycles. The minimum Gasteiger partial charge on any atom is -0.478 e. The third-order valence-corrected chi connectivity index (χ3v) is 5.08. The fourth-order valence-electron chi connectivity index (χ4n) is 3.19. The molecule has 0 aliphatic carbocycles. The molecule has 3 rings (SSSR count). The predicted molar refractivity (Wildman–Crippen MR) is 110 cm³/mol. The number of carboxylic acids is 1. The molecule has 0 bridgehead atoms. The van der Waals surface area contributed by atoms with Gasteiger partial charge in [0, 0.05) is 12.8 Å². The molecule has 5 nitrogen and oxygen atoms in total. The molecule has 0 aliphatic rings. The third-order valence-electron chi connectivity index (χ3n) is 5.08. The van der Waals surface area contributed by atoms with E-state index in [1.165, 1.54) is 0 Å². The van der Waals surface area contributed by atoms with Crippen molar-refractivity contribution in [2.75, 3.05) is 0 Å². The Labute approximate surface area is 174 Å². The monoisotopic (exact) mass is 413 g/mol. The Morgan fingerprint density at radius 3 is 2.40 bits per heavy atom. The van der Waals surface area contributed by atoms with Crippen molar-refractivity contribution in [1.82, 2.24) is 14.8 Å². The summed E-state index contributed by atoms with van der Waals surface area (Å²) in [5, 5.41) is 13.2. The van der Waals surface area contributed by atoms with Crippen LogP contribution in [0.2, 0.25) is 0 Å². The van der Waals surface area contributed by atoms with Crippen LogP contribution in [0.3, 0.4) is 0 Å². The van der Waals surface area contributed by atoms with Crippen LogP contribution >= 0.6 is 0 Å². The van der Waals surface area contributed by atoms with Crippen molar-refractivity contribution >= 4 is 5.97 Å². The summed E-state index contributed by atoms with van der Waals surface area (Å²) in [6, 6.07) is 14.6. The van der Waals surface area contributed by atoms with Gasteiger partial charge in [0.2, 0.25) is 5.82 Å². The minimum absolute atomic E-state index is 0.0226. The molecule has 1 atom stereocenters. The minimum atomic E-state index is -3.08. The molecule has 1 heterocycles. The fraction of sp³-hybridized carbons (Fsp3) is 0.348. The van der Waals surface area contributed by atoms with Crippen LogP contribution in [-0.2, 0) is 18.9 Å². The molecule has 1 unspecified atom stereocenters. The zero-order valence-electron chi connectivity index (χ0n) is 17.3. The van der Waals surface area contributed by atoms with E-state index in [-0.39, 0.29) is 11.5 Å². The van der Waals surface area contributed by atoms with Gasteiger partial charge in [0.25, 0.3) is 0 Å². The third kappa shape index (κ3) is 5.09. The molecular weight excluding hydrogens is 388 g/mol. The molecule has 0 amide bonds. The van der Waals surface area contributed by atoms with Crippen LogP contribution in [-0.4, -0.2) is 25.8 Å². The SMILES string of the molecule is CCC(C)c1nc(C(C)(F)F)nn1Cc1ccc(Cc2cccc(C(=O)O)c2)cc1. The number of hydrogen-bond acceptors (Lipinski definition) is 3. The second kappa shape index (κ2) is 8.73. The average molecular weight is 413 g/mol. The Morgan fingerprint density at radius 2 is 1.80 bits per heavy atom. The summed E-state index contributed by atoms with van der Waals surface area (Å²) >= 11 is 0. The van der Waals surface area contributed by atoms with Gasteiger partial charge in [-0.05, 0) is 41.7 Å². The smallest absolute Gasteiger partial charge is 0.335 e. The highest BCUT2D eigenvalue weighted by molar-refractivity contribution is 5.87. The molecule has 0 aliphatic heterocycles. The topological polar surface area (TPSA) is 68.0 Å². The van der Waals surface area contributed by atoms with Gasteiger partial charge in [-0.1, -0.05) is 50.2 Å². The maximum Gasteiger partial charge on any atom is 0.335 e. The average Bonchev–Trinajstić information content (AvgIpc) is 3.13. The highest BCUT2D eigenvalue weighted by Gasteiger charge is 2.32. The van der Waals surface area contributed by atoms with E-state index >= 15 is 0 Å². The number of rotatable bonds is 8. The molecule has 30 heavy (non-hydrogen) atoms. The van der Waals surface area contributed by atoms with Crippen molar-refractivity contribution in [3.63, 3.8) is 0 Å². The molecule has 0 spiro atoms. The Balaban J connectivity index is 1.78. The van der Waals surface area contributed by atoms with Gasteiger partial charge in [0.15, 0.2) is 0 Å². The van der Waals surface area contributed by atoms with E-state index in [1.807, 2.05) is 44.2 Å². The van der Waals surface area contributed by atoms with Crippen molar-refractivity contribution in [2.24, 2.45) is 0 Å². The maximum atomic E-state index is 13.7. The van der Waals surface area contributed by atoms with Crippen molar-refractivity contribution in [2.45, 2.75) is 52.0 Å². The number of carbonyl (C=O) groups is 1. The van der Waals surface area contributed by atoms with E-state index in [4.69, 9.17) is 5.11 Å². The summed E-state index contributed by atoms with van der Waals surface area (Å²) in [7, 11) is 0. The van der Waals surface area contributed by atoms with Crippen molar-refractivity contribution in [3.8, 4) is 0 Å². The summed E-state index contributed by atoms with van der Waals surface area (Å²) in [5.74, 6) is -3.90. The van der Waals surface area contributed by atoms with Crippen molar-refractivity contribution in [1.29, 1.82) is 0 Å². The van der Waals surface area contributed by atoms with E-state index in [2.05, 4.69) is 10.1 Å². The summed E-state index contributed by atoms with van der Waals surface area (Å²) in [4.78, 5) is 15.2. The summed E-state index contributed by atoms with van der Waals surface area (Å²) < 4.78 is 29.0. The molecule has 1 aromatic heterocycles. The van der Waals surface area contributed by atoms with Gasteiger partial charge >= 0.3 is 11.9 Å². The van der Waals surface area contributed by atoms with Gasteiger partial charge in [0.1, 0.15) is 5.82 Å². The van der Waals surface area contributed by atoms with Crippen LogP contribution in [0.15, 0.2) is 48.5 Å². The molecule has 0 saturated carbocycles. The van der Waals surface area contributed by atoms with Crippen LogP contribution in [0.25, 0.3) is 0 Å². The predicted octanol–water partition coefficient (Wildman–Crippen LogP) is 5.24. The molecule has 1 N–H and O–H groups in total. The van der Waals surface area contributed by atoms with Crippen molar-refractivity contribution in [3.05, 3.63) is 82.4 Å². The van der Waals surface area contributed by atoms with Crippen LogP contribution in [0.5, 0.6) is 0 Å². The normalized spacial score (nSPS) is 12.7. The fourth-order valence-corrected chi connectivity index (χ4v) is 3.19. The number of hydrogen-bond donors (Lipinski definition) is 1. The van der Waals surface area contributed by atoms with E-state index in [0.717, 1.165) is 30.0 Å². The van der Waals surface area contributed by atoms with Crippen LogP contribution in [0, 0.1) is 0 Å². The molecule has 3 aromatic rings. The van der Waals surface area contributed by atoms with Crippen molar-refractivity contribution < 1.29 is 18.7 Å². The second-order valence-corrected chi connectivity index (χ2v) is 7.65.